The number of rotatable bonds is 1. The van der Waals surface area contributed by atoms with Crippen molar-refractivity contribution in [3.05, 3.63) is 11.8 Å². The number of aliphatic hydroxyl groups excluding tert-OH is 1. The van der Waals surface area contributed by atoms with Gasteiger partial charge in [0.2, 0.25) is 0 Å². The third-order valence-corrected chi connectivity index (χ3v) is 5.45. The molecule has 1 N–H and O–H groups in total. The highest BCUT2D eigenvalue weighted by Crippen LogP contribution is 2.50. The molecule has 2 heterocycles. The van der Waals surface area contributed by atoms with Crippen LogP contribution in [0.1, 0.15) is 39.5 Å². The SMILES string of the molecule is C[C@@H]1CC/C(=C/O)C(=O)[C@@]1(C)[C@H]1C[C@@H]2CCO[C@@H]2O1. The number of hydrogen-bond acceptors (Lipinski definition) is 4. The van der Waals surface area contributed by atoms with Crippen molar-refractivity contribution in [1.29, 1.82) is 0 Å². The van der Waals surface area contributed by atoms with Crippen LogP contribution in [0.4, 0.5) is 0 Å². The van der Waals surface area contributed by atoms with Gasteiger partial charge >= 0.3 is 0 Å². The molecule has 0 amide bonds. The molecule has 0 aromatic rings. The smallest absolute Gasteiger partial charge is 0.170 e. The molecule has 2 aliphatic heterocycles. The Balaban J connectivity index is 1.86. The number of carbonyl (C=O) groups is 1. The summed E-state index contributed by atoms with van der Waals surface area (Å²) in [5, 5.41) is 9.24. The predicted molar refractivity (Wildman–Crippen MR) is 69.6 cm³/mol. The molecule has 19 heavy (non-hydrogen) atoms. The quantitative estimate of drug-likeness (QED) is 0.585. The van der Waals surface area contributed by atoms with E-state index in [1.165, 1.54) is 0 Å². The molecule has 2 saturated heterocycles. The fourth-order valence-corrected chi connectivity index (χ4v) is 3.81. The second kappa shape index (κ2) is 4.60. The molecule has 4 nitrogen and oxygen atoms in total. The van der Waals surface area contributed by atoms with Crippen molar-refractivity contribution in [1.82, 2.24) is 0 Å². The second-order valence-electron chi connectivity index (χ2n) is 6.35. The topological polar surface area (TPSA) is 55.8 Å². The highest BCUT2D eigenvalue weighted by Gasteiger charge is 2.55. The van der Waals surface area contributed by atoms with Gasteiger partial charge in [-0.15, -0.1) is 0 Å². The molecule has 0 radical (unpaired) electrons. The van der Waals surface area contributed by atoms with E-state index in [9.17, 15) is 9.90 Å². The lowest BCUT2D eigenvalue weighted by Crippen LogP contribution is -2.48. The van der Waals surface area contributed by atoms with E-state index in [2.05, 4.69) is 6.92 Å². The first-order valence-electron chi connectivity index (χ1n) is 7.22. The number of Topliss-reactive ketones (excluding diaryl/α,β-unsaturated/α-hetero) is 1. The molecule has 3 fully saturated rings. The average molecular weight is 266 g/mol. The van der Waals surface area contributed by atoms with Gasteiger partial charge in [0.1, 0.15) is 0 Å². The van der Waals surface area contributed by atoms with Crippen molar-refractivity contribution >= 4 is 5.78 Å². The molecular formula is C15H22O4. The second-order valence-corrected chi connectivity index (χ2v) is 6.35. The molecule has 1 aliphatic carbocycles. The Kier molecular flexibility index (Phi) is 3.18. The standard InChI is InChI=1S/C15H22O4/c1-9-3-4-11(8-16)13(17)15(9,2)12-7-10-5-6-18-14(10)19-12/h8-10,12,14,16H,3-7H2,1-2H3/b11-8-/t9-,10+,12-,14-,15-/m1/s1. The summed E-state index contributed by atoms with van der Waals surface area (Å²) in [6.07, 6.45) is 4.30. The van der Waals surface area contributed by atoms with Gasteiger partial charge in [-0.3, -0.25) is 4.79 Å². The zero-order valence-electron chi connectivity index (χ0n) is 11.6. The van der Waals surface area contributed by atoms with Gasteiger partial charge in [0.05, 0.1) is 24.4 Å². The summed E-state index contributed by atoms with van der Waals surface area (Å²) in [5.74, 6) is 0.761. The molecule has 0 bridgehead atoms. The molecule has 0 aromatic heterocycles. The van der Waals surface area contributed by atoms with Crippen LogP contribution < -0.4 is 0 Å². The van der Waals surface area contributed by atoms with Crippen LogP contribution in [-0.2, 0) is 14.3 Å². The van der Waals surface area contributed by atoms with Gasteiger partial charge < -0.3 is 14.6 Å². The summed E-state index contributed by atoms with van der Waals surface area (Å²) in [6.45, 7) is 4.88. The Morgan fingerprint density at radius 2 is 2.21 bits per heavy atom. The molecule has 106 valence electrons. The van der Waals surface area contributed by atoms with Crippen LogP contribution in [0, 0.1) is 17.3 Å². The van der Waals surface area contributed by atoms with Crippen molar-refractivity contribution in [3.8, 4) is 0 Å². The maximum atomic E-state index is 12.6. The first-order valence-corrected chi connectivity index (χ1v) is 7.22. The van der Waals surface area contributed by atoms with Crippen LogP contribution in [0.2, 0.25) is 0 Å². The number of fused-ring (bicyclic) bond motifs is 1. The highest BCUT2D eigenvalue weighted by atomic mass is 16.7. The largest absolute Gasteiger partial charge is 0.515 e. The van der Waals surface area contributed by atoms with Crippen LogP contribution >= 0.6 is 0 Å². The van der Waals surface area contributed by atoms with Gasteiger partial charge in [0.15, 0.2) is 12.1 Å². The van der Waals surface area contributed by atoms with E-state index in [0.717, 1.165) is 32.1 Å². The number of hydrogen-bond donors (Lipinski definition) is 1. The molecule has 3 rings (SSSR count). The summed E-state index contributed by atoms with van der Waals surface area (Å²) in [6, 6.07) is 0. The molecule has 0 unspecified atom stereocenters. The van der Waals surface area contributed by atoms with E-state index in [0.29, 0.717) is 17.9 Å². The minimum Gasteiger partial charge on any atom is -0.515 e. The number of ketones is 1. The predicted octanol–water partition coefficient (Wildman–Crippen LogP) is 2.59. The van der Waals surface area contributed by atoms with E-state index in [4.69, 9.17) is 9.47 Å². The van der Waals surface area contributed by atoms with Crippen LogP contribution in [0.5, 0.6) is 0 Å². The van der Waals surface area contributed by atoms with Crippen molar-refractivity contribution in [2.24, 2.45) is 17.3 Å². The Labute approximate surface area is 113 Å². The Hall–Kier alpha value is -0.870. The summed E-state index contributed by atoms with van der Waals surface area (Å²) in [7, 11) is 0. The summed E-state index contributed by atoms with van der Waals surface area (Å²) >= 11 is 0. The van der Waals surface area contributed by atoms with Gasteiger partial charge in [-0.2, -0.15) is 0 Å². The summed E-state index contributed by atoms with van der Waals surface area (Å²) in [4.78, 5) is 12.6. The fraction of sp³-hybridized carbons (Fsp3) is 0.800. The number of allylic oxidation sites excluding steroid dienone is 1. The van der Waals surface area contributed by atoms with Crippen LogP contribution in [0.15, 0.2) is 11.8 Å². The zero-order valence-corrected chi connectivity index (χ0v) is 11.6. The van der Waals surface area contributed by atoms with Gasteiger partial charge in [0, 0.05) is 11.5 Å². The van der Waals surface area contributed by atoms with Crippen molar-refractivity contribution < 1.29 is 19.4 Å². The summed E-state index contributed by atoms with van der Waals surface area (Å²) in [5.41, 5.74) is 0.0164. The van der Waals surface area contributed by atoms with E-state index in [1.54, 1.807) is 0 Å². The molecule has 0 aromatic carbocycles. The van der Waals surface area contributed by atoms with Crippen molar-refractivity contribution in [3.63, 3.8) is 0 Å². The van der Waals surface area contributed by atoms with E-state index < -0.39 is 5.41 Å². The first-order chi connectivity index (χ1) is 9.07. The molecule has 3 aliphatic rings. The van der Waals surface area contributed by atoms with Crippen molar-refractivity contribution in [2.75, 3.05) is 6.61 Å². The number of ether oxygens (including phenoxy) is 2. The summed E-state index contributed by atoms with van der Waals surface area (Å²) < 4.78 is 11.6. The third-order valence-electron chi connectivity index (χ3n) is 5.45. The minimum absolute atomic E-state index is 0.0544. The third kappa shape index (κ3) is 1.84. The monoisotopic (exact) mass is 266 g/mol. The highest BCUT2D eigenvalue weighted by molar-refractivity contribution is 6.00. The normalized spacial score (nSPS) is 48.7. The van der Waals surface area contributed by atoms with E-state index in [-0.39, 0.29) is 24.1 Å². The Bertz CT molecular complexity index is 404. The lowest BCUT2D eigenvalue weighted by molar-refractivity contribution is -0.164. The van der Waals surface area contributed by atoms with E-state index in [1.807, 2.05) is 6.92 Å². The zero-order chi connectivity index (χ0) is 13.6. The molecular weight excluding hydrogens is 244 g/mol. The molecule has 0 spiro atoms. The van der Waals surface area contributed by atoms with Crippen molar-refractivity contribution in [2.45, 2.75) is 51.9 Å². The van der Waals surface area contributed by atoms with Gasteiger partial charge in [0.25, 0.3) is 0 Å². The van der Waals surface area contributed by atoms with Gasteiger partial charge in [-0.05, 0) is 38.5 Å². The molecule has 1 saturated carbocycles. The maximum absolute atomic E-state index is 12.6. The Morgan fingerprint density at radius 3 is 2.89 bits per heavy atom. The fourth-order valence-electron chi connectivity index (χ4n) is 3.81. The molecule has 4 heteroatoms. The minimum atomic E-state index is -0.527. The first kappa shape index (κ1) is 13.1. The molecule has 5 atom stereocenters. The number of aliphatic hydroxyl groups is 1. The van der Waals surface area contributed by atoms with Gasteiger partial charge in [-0.1, -0.05) is 6.92 Å². The van der Waals surface area contributed by atoms with Crippen LogP contribution in [-0.4, -0.2) is 29.9 Å². The average Bonchev–Trinajstić information content (AvgIpc) is 2.97. The Morgan fingerprint density at radius 1 is 1.42 bits per heavy atom. The van der Waals surface area contributed by atoms with Crippen LogP contribution in [0.3, 0.4) is 0 Å². The maximum Gasteiger partial charge on any atom is 0.170 e. The van der Waals surface area contributed by atoms with Crippen LogP contribution in [0.25, 0.3) is 0 Å². The number of carbonyl (C=O) groups excluding carboxylic acids is 1. The lowest BCUT2D eigenvalue weighted by Gasteiger charge is -2.42. The lowest BCUT2D eigenvalue weighted by atomic mass is 9.62. The van der Waals surface area contributed by atoms with Gasteiger partial charge in [-0.25, -0.2) is 0 Å². The van der Waals surface area contributed by atoms with E-state index >= 15 is 0 Å².